The number of amides is 9. The summed E-state index contributed by atoms with van der Waals surface area (Å²) in [6.07, 6.45) is -16.3. The average Bonchev–Trinajstić information content (AvgIpc) is 0.755. The third-order valence-corrected chi connectivity index (χ3v) is 23.9. The Balaban J connectivity index is 0.964. The highest BCUT2D eigenvalue weighted by molar-refractivity contribution is 7.92. The van der Waals surface area contributed by atoms with Gasteiger partial charge in [0, 0.05) is 54.0 Å². The lowest BCUT2D eigenvalue weighted by Crippen LogP contribution is -2.64. The summed E-state index contributed by atoms with van der Waals surface area (Å²) in [5.41, 5.74) is 9.82. The molecule has 18 atom stereocenters. The molecule has 7 aromatic carbocycles. The molecule has 678 valence electrons. The Morgan fingerprint density at radius 3 is 1.90 bits per heavy atom. The van der Waals surface area contributed by atoms with Crippen molar-refractivity contribution in [1.29, 1.82) is 0 Å². The number of phenolic OH excluding ortho intramolecular Hbond substituents is 3. The van der Waals surface area contributed by atoms with Gasteiger partial charge in [-0.25, -0.2) is 8.42 Å². The van der Waals surface area contributed by atoms with E-state index in [0.29, 0.717) is 5.56 Å². The molecule has 2 fully saturated rings. The first-order chi connectivity index (χ1) is 60.1. The highest BCUT2D eigenvalue weighted by Gasteiger charge is 2.52. The second-order valence-electron chi connectivity index (χ2n) is 32.2. The molecule has 23 N–H and O–H groups in total. The van der Waals surface area contributed by atoms with Crippen molar-refractivity contribution in [2.45, 2.75) is 181 Å². The number of rotatable bonds is 22. The average molecular weight is 1820 g/mol. The number of sulfonamides is 1. The van der Waals surface area contributed by atoms with Gasteiger partial charge < -0.3 is 134 Å². The fourth-order valence-corrected chi connectivity index (χ4v) is 16.6. The molecule has 127 heavy (non-hydrogen) atoms. The lowest BCUT2D eigenvalue weighted by molar-refractivity contribution is -0.333. The van der Waals surface area contributed by atoms with E-state index < -0.39 is 260 Å². The van der Waals surface area contributed by atoms with Crippen molar-refractivity contribution in [2.24, 2.45) is 17.4 Å². The summed E-state index contributed by atoms with van der Waals surface area (Å²) in [6, 6.07) is 12.0. The minimum Gasteiger partial charge on any atom is -0.508 e. The maximum Gasteiger partial charge on any atom is 0.261 e. The summed E-state index contributed by atoms with van der Waals surface area (Å²) in [7, 11) is -2.49. The Hall–Kier alpha value is -11.8. The third-order valence-electron chi connectivity index (χ3n) is 22.0. The highest BCUT2D eigenvalue weighted by atomic mass is 35.5. The van der Waals surface area contributed by atoms with Gasteiger partial charge in [-0.2, -0.15) is 0 Å². The molecule has 11 bridgehead atoms. The molecule has 41 heteroatoms. The van der Waals surface area contributed by atoms with Crippen molar-refractivity contribution in [3.63, 3.8) is 0 Å². The van der Waals surface area contributed by atoms with Crippen LogP contribution in [0.4, 0.5) is 5.69 Å². The van der Waals surface area contributed by atoms with Crippen LogP contribution in [0.5, 0.6) is 46.0 Å². The number of halogens is 2. The number of anilines is 1. The molecule has 2 saturated heterocycles. The topological polar surface area (TPSA) is 598 Å². The number of aliphatic hydroxyl groups excluding tert-OH is 6. The Morgan fingerprint density at radius 2 is 1.29 bits per heavy atom. The van der Waals surface area contributed by atoms with E-state index in [2.05, 4.69) is 52.6 Å². The molecular weight excluding hydrogens is 1720 g/mol. The number of hydrogen-bond donors (Lipinski definition) is 21. The van der Waals surface area contributed by atoms with Gasteiger partial charge in [0.05, 0.1) is 46.2 Å². The Labute approximate surface area is 737 Å². The molecule has 0 aliphatic carbocycles. The highest BCUT2D eigenvalue weighted by Crippen LogP contribution is 2.50. The van der Waals surface area contributed by atoms with E-state index >= 15 is 28.8 Å². The van der Waals surface area contributed by atoms with E-state index in [-0.39, 0.29) is 69.3 Å². The zero-order valence-corrected chi connectivity index (χ0v) is 71.6. The normalized spacial score (nSPS) is 25.9. The first kappa shape index (κ1) is 94.3. The smallest absolute Gasteiger partial charge is 0.261 e. The van der Waals surface area contributed by atoms with Gasteiger partial charge in [0.2, 0.25) is 65.2 Å². The lowest BCUT2D eigenvalue weighted by Gasteiger charge is -2.47. The van der Waals surface area contributed by atoms with Crippen molar-refractivity contribution < 1.29 is 126 Å². The van der Waals surface area contributed by atoms with E-state index in [0.717, 1.165) is 78.4 Å². The zero-order valence-electron chi connectivity index (χ0n) is 69.3. The zero-order chi connectivity index (χ0) is 92.1. The predicted molar refractivity (Wildman–Crippen MR) is 454 cm³/mol. The number of carbonyl (C=O) groups excluding carboxylic acids is 9. The first-order valence-corrected chi connectivity index (χ1v) is 42.5. The number of nitrogens with two attached hydrogens (primary N) is 2. The molecular formula is C86H98Cl2N12O26S. The minimum absolute atomic E-state index is 0.0503. The van der Waals surface area contributed by atoms with E-state index in [9.17, 15) is 68.8 Å². The van der Waals surface area contributed by atoms with Crippen molar-refractivity contribution in [3.8, 4) is 57.1 Å². The summed E-state index contributed by atoms with van der Waals surface area (Å²) < 4.78 is 67.6. The molecule has 38 nitrogen and oxygen atoms in total. The summed E-state index contributed by atoms with van der Waals surface area (Å²) >= 11 is 14.3. The molecule has 0 radical (unpaired) electrons. The van der Waals surface area contributed by atoms with Crippen molar-refractivity contribution in [3.05, 3.63) is 182 Å². The Bertz CT molecular complexity index is 5500. The maximum absolute atomic E-state index is 16.3. The van der Waals surface area contributed by atoms with Gasteiger partial charge in [0.15, 0.2) is 23.9 Å². The molecule has 0 saturated carbocycles. The van der Waals surface area contributed by atoms with Crippen LogP contribution in [0.1, 0.15) is 136 Å². The van der Waals surface area contributed by atoms with Crippen molar-refractivity contribution >= 4 is 98.2 Å². The van der Waals surface area contributed by atoms with Gasteiger partial charge in [0.25, 0.3) is 10.0 Å². The van der Waals surface area contributed by atoms with Crippen LogP contribution in [0, 0.1) is 5.92 Å². The van der Waals surface area contributed by atoms with Gasteiger partial charge >= 0.3 is 0 Å². The van der Waals surface area contributed by atoms with Crippen LogP contribution in [-0.4, -0.2) is 213 Å². The molecule has 0 spiro atoms. The molecule has 9 amide bonds. The fourth-order valence-electron chi connectivity index (χ4n) is 15.1. The number of aliphatic hydroxyl groups is 6. The third kappa shape index (κ3) is 21.7. The predicted octanol–water partition coefficient (Wildman–Crippen LogP) is 2.89. The fraction of sp³-hybridized carbons (Fsp3) is 0.384. The monoisotopic (exact) mass is 1820 g/mol. The number of hydrogen-bond acceptors (Lipinski definition) is 28. The number of phenols is 3. The Kier molecular flexibility index (Phi) is 29.4. The second-order valence-corrected chi connectivity index (χ2v) is 34.7. The summed E-state index contributed by atoms with van der Waals surface area (Å²) in [5, 5.41) is 128. The van der Waals surface area contributed by atoms with Crippen LogP contribution in [0.25, 0.3) is 17.2 Å². The molecule has 7 aromatic rings. The van der Waals surface area contributed by atoms with Crippen LogP contribution < -0.4 is 78.3 Å². The lowest BCUT2D eigenvalue weighted by atomic mass is 9.86. The largest absolute Gasteiger partial charge is 0.508 e. The molecule has 7 aliphatic heterocycles. The van der Waals surface area contributed by atoms with Gasteiger partial charge in [-0.15, -0.1) is 0 Å². The molecule has 0 aromatic heterocycles. The number of nitrogens with one attached hydrogen (secondary N) is 10. The number of carbonyl (C=O) groups is 9. The number of likely N-dealkylation sites (N-methyl/N-ethyl adjacent to an activating group) is 1. The van der Waals surface area contributed by atoms with Gasteiger partial charge in [-0.3, -0.25) is 47.9 Å². The van der Waals surface area contributed by atoms with Crippen LogP contribution in [0.3, 0.4) is 0 Å². The van der Waals surface area contributed by atoms with Crippen molar-refractivity contribution in [2.75, 3.05) is 31.5 Å². The van der Waals surface area contributed by atoms with E-state index in [1.54, 1.807) is 24.3 Å². The molecule has 7 aliphatic rings. The van der Waals surface area contributed by atoms with Gasteiger partial charge in [-0.05, 0) is 163 Å². The van der Waals surface area contributed by atoms with Gasteiger partial charge in [0.1, 0.15) is 95.5 Å². The standard InChI is InChI=1S/C86H98Cl2N12O26S/c1-37(2)26-53(91-7)78(112)98-69-71(107)43-14-21-57(51(87)28-43)122-59-30-45-31-60(75(59)126-85-76(74(110)73(109)61(36-101)124-85)125-64-35-86(6,90)77(111)39(5)121-64)123-58-22-15-44(29-52(58)88)72(108)70-84(118)97-68(80(114)93-25-24-92-63(106)23-10-40-8-16-46(17-9-40)100-127(119,120)48-18-11-41(12-19-48)38(3)4)50-32-47(102)33-56(104)65(50)49-27-42(13-20-55(49)103)66(81(115)99-70)96-82(116)67(45)95-79(113)54(34-62(89)105)94-83(69)117/h8-23,27-33,37-39,53-54,61,64,66-74,76-77,85,91,100-104,107-111H,24-26,34-36,90H2,1-7H3,(H2,89,105)(H,92,106)(H,93,114)(H,94,117)(H,95,113)(H,96,116)(H,97,118)(H,98,112)(H,99,115)/b23-10+/t39-,53+,54-,61+,64?,66+,67?,68?,69+,70-,71+,72+,73+,74-,76+,77+,85-,86-/m0/s1. The van der Waals surface area contributed by atoms with Crippen LogP contribution in [-0.2, 0) is 67.4 Å². The number of benzene rings is 7. The van der Waals surface area contributed by atoms with E-state index in [1.165, 1.54) is 63.4 Å². The maximum atomic E-state index is 16.3. The first-order valence-electron chi connectivity index (χ1n) is 40.3. The molecule has 3 unspecified atom stereocenters. The quantitative estimate of drug-likeness (QED) is 0.0343. The summed E-state index contributed by atoms with van der Waals surface area (Å²) in [4.78, 5) is 134. The SMILES string of the molecule is CN[C@H](CC(C)C)C(=O)N[C@H]1C(=O)N[C@@H](CC(N)=O)C(=O)NC2C(=O)N[C@H]3C(=O)N[C@H](C(=O)NC(C(=O)NCCNC(=O)/C=C/c4ccc(NS(=O)(=O)c5ccc(C(C)C)cc5)cc4)c4cc(O)cc(O)c4-c4cc3ccc4O)[C@H](O)c3ccc(c(Cl)c3)Oc3cc2cc(c3O[C@@H]2O[C@H](CO)[C@@H](O)[C@H](O)[C@H]2OC2C[C@](C)(N)[C@H](O)[C@H](C)O2)Oc2ccc(cc2Cl)[C@H]1O. The van der Waals surface area contributed by atoms with Crippen LogP contribution >= 0.6 is 23.2 Å². The minimum atomic E-state index is -3.96. The Morgan fingerprint density at radius 1 is 0.677 bits per heavy atom. The van der Waals surface area contributed by atoms with Crippen LogP contribution in [0.2, 0.25) is 10.0 Å². The van der Waals surface area contributed by atoms with E-state index in [4.69, 9.17) is 63.1 Å². The number of fused-ring (bicyclic) bond motifs is 15. The second kappa shape index (κ2) is 39.6. The van der Waals surface area contributed by atoms with Crippen molar-refractivity contribution in [1.82, 2.24) is 47.9 Å². The number of ether oxygens (including phenoxy) is 6. The number of aromatic hydroxyl groups is 3. The van der Waals surface area contributed by atoms with E-state index in [1.807, 2.05) is 27.7 Å². The van der Waals surface area contributed by atoms with Gasteiger partial charge in [-0.1, -0.05) is 93.4 Å². The summed E-state index contributed by atoms with van der Waals surface area (Å²) in [5.74, 6) is -16.0. The number of primary amides is 1. The van der Waals surface area contributed by atoms with Crippen LogP contribution in [0.15, 0.2) is 138 Å². The summed E-state index contributed by atoms with van der Waals surface area (Å²) in [6.45, 7) is 8.86. The molecule has 14 rings (SSSR count). The molecule has 7 heterocycles.